The zero-order valence-electron chi connectivity index (χ0n) is 16.7. The van der Waals surface area contributed by atoms with Crippen molar-refractivity contribution in [1.82, 2.24) is 10.6 Å². The first-order valence-corrected chi connectivity index (χ1v) is 9.64. The Morgan fingerprint density at radius 3 is 2.13 bits per heavy atom. The average molecular weight is 432 g/mol. The second-order valence-corrected chi connectivity index (χ2v) is 7.41. The first-order chi connectivity index (χ1) is 14.7. The molecule has 2 amide bonds. The topological polar surface area (TPSA) is 105 Å². The minimum Gasteiger partial charge on any atom is -0.481 e. The number of fused-ring (bicyclic) bond motifs is 3. The van der Waals surface area contributed by atoms with Gasteiger partial charge >= 0.3 is 12.1 Å². The molecule has 0 bridgehead atoms. The van der Waals surface area contributed by atoms with Crippen LogP contribution in [0.25, 0.3) is 11.1 Å². The summed E-state index contributed by atoms with van der Waals surface area (Å²) in [5.41, 5.74) is 4.05. The van der Waals surface area contributed by atoms with Crippen LogP contribution >= 0.6 is 0 Å². The fourth-order valence-electron chi connectivity index (χ4n) is 3.53. The summed E-state index contributed by atoms with van der Waals surface area (Å²) in [4.78, 5) is 35.4. The molecule has 0 spiro atoms. The maximum absolute atomic E-state index is 13.0. The van der Waals surface area contributed by atoms with Crippen LogP contribution in [0.1, 0.15) is 30.4 Å². The first kappa shape index (κ1) is 22.2. The van der Waals surface area contributed by atoms with Crippen molar-refractivity contribution in [2.75, 3.05) is 13.2 Å². The Hall–Kier alpha value is -3.49. The van der Waals surface area contributed by atoms with Crippen LogP contribution in [0.5, 0.6) is 0 Å². The van der Waals surface area contributed by atoms with Crippen LogP contribution in [0.2, 0.25) is 0 Å². The van der Waals surface area contributed by atoms with Gasteiger partial charge in [0.2, 0.25) is 5.91 Å². The monoisotopic (exact) mass is 432 g/mol. The van der Waals surface area contributed by atoms with Crippen molar-refractivity contribution in [3.8, 4) is 11.1 Å². The quantitative estimate of drug-likeness (QED) is 0.595. The van der Waals surface area contributed by atoms with E-state index >= 15 is 0 Å². The van der Waals surface area contributed by atoms with E-state index in [1.165, 1.54) is 0 Å². The second-order valence-electron chi connectivity index (χ2n) is 7.41. The molecule has 0 saturated heterocycles. The van der Waals surface area contributed by atoms with Crippen molar-refractivity contribution in [2.24, 2.45) is 0 Å². The molecule has 7 nitrogen and oxygen atoms in total. The molecule has 3 N–H and O–H groups in total. The zero-order chi connectivity index (χ0) is 22.6. The van der Waals surface area contributed by atoms with E-state index in [-0.39, 0.29) is 12.5 Å². The Bertz CT molecular complexity index is 944. The van der Waals surface area contributed by atoms with Crippen LogP contribution < -0.4 is 10.6 Å². The molecule has 0 fully saturated rings. The van der Waals surface area contributed by atoms with Gasteiger partial charge in [0.1, 0.15) is 12.6 Å². The Morgan fingerprint density at radius 2 is 1.61 bits per heavy atom. The summed E-state index contributed by atoms with van der Waals surface area (Å²) < 4.78 is 31.2. The zero-order valence-corrected chi connectivity index (χ0v) is 16.7. The van der Waals surface area contributed by atoms with Gasteiger partial charge in [-0.1, -0.05) is 48.5 Å². The SMILES string of the molecule is CC(F)(F)CNC(=O)C(CC(=O)O)NC(=O)OCC1c2ccccc2-c2ccccc21. The molecule has 9 heteroatoms. The van der Waals surface area contributed by atoms with Crippen molar-refractivity contribution in [1.29, 1.82) is 0 Å². The lowest BCUT2D eigenvalue weighted by molar-refractivity contribution is -0.140. The highest BCUT2D eigenvalue weighted by atomic mass is 19.3. The van der Waals surface area contributed by atoms with Gasteiger partial charge in [0.05, 0.1) is 13.0 Å². The summed E-state index contributed by atoms with van der Waals surface area (Å²) in [6.45, 7) is -0.402. The van der Waals surface area contributed by atoms with Gasteiger partial charge in [-0.05, 0) is 22.3 Å². The summed E-state index contributed by atoms with van der Waals surface area (Å²) >= 11 is 0. The predicted octanol–water partition coefficient (Wildman–Crippen LogP) is 3.14. The molecule has 31 heavy (non-hydrogen) atoms. The normalized spacial score (nSPS) is 13.6. The third-order valence-corrected chi connectivity index (χ3v) is 4.90. The van der Waals surface area contributed by atoms with Gasteiger partial charge in [-0.15, -0.1) is 0 Å². The maximum atomic E-state index is 13.0. The number of carbonyl (C=O) groups is 3. The largest absolute Gasteiger partial charge is 0.481 e. The predicted molar refractivity (Wildman–Crippen MR) is 108 cm³/mol. The fraction of sp³-hybridized carbons (Fsp3) is 0.318. The fourth-order valence-corrected chi connectivity index (χ4v) is 3.53. The lowest BCUT2D eigenvalue weighted by Crippen LogP contribution is -2.50. The molecule has 1 atom stereocenters. The number of halogens is 2. The van der Waals surface area contributed by atoms with Crippen LogP contribution in [0, 0.1) is 0 Å². The molecule has 0 heterocycles. The molecular formula is C22H22F2N2O5. The molecule has 0 aliphatic heterocycles. The Kier molecular flexibility index (Phi) is 6.53. The smallest absolute Gasteiger partial charge is 0.407 e. The van der Waals surface area contributed by atoms with Crippen molar-refractivity contribution in [2.45, 2.75) is 31.2 Å². The van der Waals surface area contributed by atoms with Crippen molar-refractivity contribution in [3.63, 3.8) is 0 Å². The van der Waals surface area contributed by atoms with E-state index in [0.717, 1.165) is 22.3 Å². The van der Waals surface area contributed by atoms with Gasteiger partial charge in [-0.3, -0.25) is 9.59 Å². The van der Waals surface area contributed by atoms with E-state index in [1.807, 2.05) is 53.8 Å². The highest BCUT2D eigenvalue weighted by molar-refractivity contribution is 5.89. The summed E-state index contributed by atoms with van der Waals surface area (Å²) in [6.07, 6.45) is -1.78. The molecule has 1 aliphatic rings. The molecular weight excluding hydrogens is 410 g/mol. The van der Waals surface area contributed by atoms with Crippen molar-refractivity contribution in [3.05, 3.63) is 59.7 Å². The number of aliphatic carboxylic acids is 1. The average Bonchev–Trinajstić information content (AvgIpc) is 3.03. The summed E-state index contributed by atoms with van der Waals surface area (Å²) in [5.74, 6) is -5.80. The molecule has 0 saturated carbocycles. The standard InChI is InChI=1S/C22H22F2N2O5/c1-22(23,24)12-25-20(29)18(10-19(27)28)26-21(30)31-11-17-15-8-4-2-6-13(15)14-7-3-5-9-16(14)17/h2-9,17-18H,10-12H2,1H3,(H,25,29)(H,26,30)(H,27,28). The number of carboxylic acids is 1. The van der Waals surface area contributed by atoms with E-state index < -0.39 is 42.9 Å². The second kappa shape index (κ2) is 9.11. The number of hydrogen-bond donors (Lipinski definition) is 3. The Balaban J connectivity index is 1.65. The molecule has 1 aliphatic carbocycles. The highest BCUT2D eigenvalue weighted by Gasteiger charge is 2.31. The Morgan fingerprint density at radius 1 is 1.06 bits per heavy atom. The third-order valence-electron chi connectivity index (χ3n) is 4.90. The van der Waals surface area contributed by atoms with E-state index in [2.05, 4.69) is 5.32 Å². The number of carboxylic acid groups (broad SMARTS) is 1. The number of ether oxygens (including phenoxy) is 1. The third kappa shape index (κ3) is 5.56. The number of amides is 2. The van der Waals surface area contributed by atoms with E-state index in [4.69, 9.17) is 9.84 Å². The lowest BCUT2D eigenvalue weighted by Gasteiger charge is -2.19. The number of alkyl halides is 2. The molecule has 164 valence electrons. The number of nitrogens with one attached hydrogen (secondary N) is 2. The molecule has 1 unspecified atom stereocenters. The number of rotatable bonds is 8. The van der Waals surface area contributed by atoms with Gasteiger partial charge in [0, 0.05) is 12.8 Å². The van der Waals surface area contributed by atoms with Crippen LogP contribution in [0.15, 0.2) is 48.5 Å². The van der Waals surface area contributed by atoms with Crippen LogP contribution in [0.4, 0.5) is 13.6 Å². The maximum Gasteiger partial charge on any atom is 0.407 e. The van der Waals surface area contributed by atoms with E-state index in [0.29, 0.717) is 6.92 Å². The lowest BCUT2D eigenvalue weighted by atomic mass is 9.98. The minimum absolute atomic E-state index is 0.0334. The number of benzene rings is 2. The van der Waals surface area contributed by atoms with Crippen LogP contribution in [-0.2, 0) is 14.3 Å². The van der Waals surface area contributed by atoms with Gasteiger partial charge in [0.25, 0.3) is 5.92 Å². The molecule has 0 aromatic heterocycles. The first-order valence-electron chi connectivity index (χ1n) is 9.64. The van der Waals surface area contributed by atoms with Gasteiger partial charge in [0.15, 0.2) is 0 Å². The number of alkyl carbamates (subject to hydrolysis) is 1. The Labute approximate surface area is 177 Å². The van der Waals surface area contributed by atoms with Crippen molar-refractivity contribution < 1.29 is 33.0 Å². The molecule has 0 radical (unpaired) electrons. The van der Waals surface area contributed by atoms with Gasteiger partial charge in [-0.25, -0.2) is 13.6 Å². The molecule has 3 rings (SSSR count). The molecule has 2 aromatic carbocycles. The van der Waals surface area contributed by atoms with Crippen LogP contribution in [0.3, 0.4) is 0 Å². The highest BCUT2D eigenvalue weighted by Crippen LogP contribution is 2.44. The number of hydrogen-bond acceptors (Lipinski definition) is 4. The van der Waals surface area contributed by atoms with Crippen LogP contribution in [-0.4, -0.2) is 48.2 Å². The van der Waals surface area contributed by atoms with Gasteiger partial charge < -0.3 is 20.5 Å². The summed E-state index contributed by atoms with van der Waals surface area (Å²) in [7, 11) is 0. The summed E-state index contributed by atoms with van der Waals surface area (Å²) in [5, 5.41) is 13.1. The van der Waals surface area contributed by atoms with Gasteiger partial charge in [-0.2, -0.15) is 0 Å². The van der Waals surface area contributed by atoms with Crippen molar-refractivity contribution >= 4 is 18.0 Å². The minimum atomic E-state index is -3.17. The summed E-state index contributed by atoms with van der Waals surface area (Å²) in [6, 6.07) is 13.9. The number of carbonyl (C=O) groups excluding carboxylic acids is 2. The molecule has 2 aromatic rings. The van der Waals surface area contributed by atoms with E-state index in [9.17, 15) is 23.2 Å². The van der Waals surface area contributed by atoms with E-state index in [1.54, 1.807) is 0 Å².